The normalized spacial score (nSPS) is 21.1. The van der Waals surface area contributed by atoms with Crippen LogP contribution in [0.4, 0.5) is 13.2 Å². The topological polar surface area (TPSA) is 73.2 Å². The summed E-state index contributed by atoms with van der Waals surface area (Å²) in [5.74, 6) is -0.349. The van der Waals surface area contributed by atoms with Gasteiger partial charge in [0.05, 0.1) is 17.7 Å². The molecule has 0 saturated carbocycles. The van der Waals surface area contributed by atoms with E-state index in [1.54, 1.807) is 4.90 Å². The molecule has 2 amide bonds. The number of amides is 2. The molecule has 31 heavy (non-hydrogen) atoms. The van der Waals surface area contributed by atoms with E-state index in [2.05, 4.69) is 4.99 Å². The van der Waals surface area contributed by atoms with E-state index in [9.17, 15) is 27.9 Å². The Bertz CT molecular complexity index is 976. The van der Waals surface area contributed by atoms with Gasteiger partial charge in [0.15, 0.2) is 0 Å². The third-order valence-corrected chi connectivity index (χ3v) is 6.43. The van der Waals surface area contributed by atoms with Gasteiger partial charge in [0.2, 0.25) is 5.91 Å². The summed E-state index contributed by atoms with van der Waals surface area (Å²) in [6, 6.07) is 5.05. The van der Waals surface area contributed by atoms with Crippen molar-refractivity contribution in [2.45, 2.75) is 38.0 Å². The van der Waals surface area contributed by atoms with E-state index in [4.69, 9.17) is 0 Å². The third-order valence-electron chi connectivity index (χ3n) is 6.43. The van der Waals surface area contributed by atoms with Crippen LogP contribution in [0.2, 0.25) is 0 Å². The standard InChI is InChI=1S/C22H24F3N3O3/c1-14(29)28-9-6-15-12-26-19(16(15)13-28)20(30)27-10-7-21(31,8-11-27)17-4-2-3-5-18(17)22(23,24)25/h2-5,31H,6-13H2,1H3. The van der Waals surface area contributed by atoms with Crippen LogP contribution in [-0.2, 0) is 21.4 Å². The number of hydrogen-bond donors (Lipinski definition) is 1. The Morgan fingerprint density at radius 2 is 1.77 bits per heavy atom. The number of nitrogens with zero attached hydrogens (tertiary/aromatic N) is 3. The maximum atomic E-state index is 13.4. The second-order valence-electron chi connectivity index (χ2n) is 8.30. The van der Waals surface area contributed by atoms with Crippen LogP contribution >= 0.6 is 0 Å². The van der Waals surface area contributed by atoms with Gasteiger partial charge in [-0.2, -0.15) is 13.2 Å². The first kappa shape index (κ1) is 21.5. The number of aliphatic imine (C=N–C) groups is 1. The Morgan fingerprint density at radius 1 is 1.10 bits per heavy atom. The van der Waals surface area contributed by atoms with Gasteiger partial charge >= 0.3 is 6.18 Å². The lowest BCUT2D eigenvalue weighted by Crippen LogP contribution is -2.48. The number of rotatable bonds is 2. The highest BCUT2D eigenvalue weighted by atomic mass is 19.4. The number of carbonyl (C=O) groups excluding carboxylic acids is 2. The van der Waals surface area contributed by atoms with Crippen LogP contribution < -0.4 is 0 Å². The summed E-state index contributed by atoms with van der Waals surface area (Å²) in [5.41, 5.74) is -0.465. The molecule has 166 valence electrons. The third kappa shape index (κ3) is 3.98. The fraction of sp³-hybridized carbons (Fsp3) is 0.500. The molecule has 0 bridgehead atoms. The van der Waals surface area contributed by atoms with Gasteiger partial charge in [-0.3, -0.25) is 14.6 Å². The van der Waals surface area contributed by atoms with Crippen molar-refractivity contribution in [3.63, 3.8) is 0 Å². The lowest BCUT2D eigenvalue weighted by atomic mass is 9.81. The maximum Gasteiger partial charge on any atom is 0.416 e. The fourth-order valence-electron chi connectivity index (χ4n) is 4.59. The number of aliphatic hydroxyl groups is 1. The largest absolute Gasteiger partial charge is 0.416 e. The zero-order valence-electron chi connectivity index (χ0n) is 17.2. The summed E-state index contributed by atoms with van der Waals surface area (Å²) in [6.07, 6.45) is -3.87. The molecule has 0 atom stereocenters. The molecule has 1 aromatic rings. The summed E-state index contributed by atoms with van der Waals surface area (Å²) in [4.78, 5) is 32.4. The van der Waals surface area contributed by atoms with Gasteiger partial charge < -0.3 is 14.9 Å². The minimum Gasteiger partial charge on any atom is -0.385 e. The van der Waals surface area contributed by atoms with E-state index in [0.29, 0.717) is 31.8 Å². The van der Waals surface area contributed by atoms with Crippen molar-refractivity contribution in [3.8, 4) is 0 Å². The summed E-state index contributed by atoms with van der Waals surface area (Å²) in [7, 11) is 0. The highest BCUT2D eigenvalue weighted by molar-refractivity contribution is 6.46. The van der Waals surface area contributed by atoms with Crippen LogP contribution in [0.1, 0.15) is 37.3 Å². The van der Waals surface area contributed by atoms with Gasteiger partial charge in [-0.05, 0) is 36.5 Å². The quantitative estimate of drug-likeness (QED) is 0.776. The summed E-state index contributed by atoms with van der Waals surface area (Å²) >= 11 is 0. The molecule has 1 saturated heterocycles. The molecule has 4 rings (SSSR count). The number of piperidine rings is 1. The van der Waals surface area contributed by atoms with E-state index in [1.165, 1.54) is 30.0 Å². The summed E-state index contributed by atoms with van der Waals surface area (Å²) in [5, 5.41) is 11.0. The van der Waals surface area contributed by atoms with Crippen molar-refractivity contribution >= 4 is 17.5 Å². The lowest BCUT2D eigenvalue weighted by Gasteiger charge is -2.39. The Labute approximate surface area is 178 Å². The molecule has 0 aromatic heterocycles. The molecule has 6 nitrogen and oxygen atoms in total. The van der Waals surface area contributed by atoms with E-state index >= 15 is 0 Å². The minimum absolute atomic E-state index is 0.00455. The second kappa shape index (κ2) is 7.78. The monoisotopic (exact) mass is 435 g/mol. The summed E-state index contributed by atoms with van der Waals surface area (Å²) in [6.45, 7) is 3.15. The van der Waals surface area contributed by atoms with Crippen molar-refractivity contribution < 1.29 is 27.9 Å². The molecule has 0 aliphatic carbocycles. The van der Waals surface area contributed by atoms with Gasteiger partial charge in [0, 0.05) is 38.7 Å². The van der Waals surface area contributed by atoms with Crippen molar-refractivity contribution in [2.24, 2.45) is 4.99 Å². The molecular weight excluding hydrogens is 411 g/mol. The molecule has 9 heteroatoms. The number of halogens is 3. The van der Waals surface area contributed by atoms with Crippen molar-refractivity contribution in [2.75, 3.05) is 32.7 Å². The van der Waals surface area contributed by atoms with Crippen molar-refractivity contribution in [1.29, 1.82) is 0 Å². The molecule has 0 unspecified atom stereocenters. The average molecular weight is 435 g/mol. The SMILES string of the molecule is CC(=O)N1CCC2=C(C1)C(C(=O)N1CCC(O)(c3ccccc3C(F)(F)F)CC1)=NC2. The first-order valence-corrected chi connectivity index (χ1v) is 10.3. The van der Waals surface area contributed by atoms with Gasteiger partial charge in [-0.25, -0.2) is 0 Å². The predicted molar refractivity (Wildman–Crippen MR) is 107 cm³/mol. The first-order chi connectivity index (χ1) is 14.6. The number of alkyl halides is 3. The minimum atomic E-state index is -4.57. The zero-order valence-corrected chi connectivity index (χ0v) is 17.2. The van der Waals surface area contributed by atoms with Gasteiger partial charge in [0.25, 0.3) is 5.91 Å². The van der Waals surface area contributed by atoms with Gasteiger partial charge in [-0.1, -0.05) is 18.2 Å². The molecule has 3 aliphatic rings. The average Bonchev–Trinajstić information content (AvgIpc) is 3.16. The fourth-order valence-corrected chi connectivity index (χ4v) is 4.59. The highest BCUT2D eigenvalue weighted by Crippen LogP contribution is 2.41. The van der Waals surface area contributed by atoms with Crippen LogP contribution in [-0.4, -0.2) is 65.2 Å². The number of hydrogen-bond acceptors (Lipinski definition) is 4. The van der Waals surface area contributed by atoms with Crippen molar-refractivity contribution in [3.05, 3.63) is 46.5 Å². The van der Waals surface area contributed by atoms with E-state index < -0.39 is 17.3 Å². The molecule has 1 aromatic carbocycles. The Hall–Kier alpha value is -2.68. The Balaban J connectivity index is 1.48. The maximum absolute atomic E-state index is 13.4. The van der Waals surface area contributed by atoms with Crippen LogP contribution in [0.15, 0.2) is 40.4 Å². The predicted octanol–water partition coefficient (Wildman–Crippen LogP) is 2.52. The van der Waals surface area contributed by atoms with Crippen LogP contribution in [0.25, 0.3) is 0 Å². The first-order valence-electron chi connectivity index (χ1n) is 10.3. The number of likely N-dealkylation sites (tertiary alicyclic amines) is 1. The number of benzene rings is 1. The van der Waals surface area contributed by atoms with Gasteiger partial charge in [-0.15, -0.1) is 0 Å². The second-order valence-corrected chi connectivity index (χ2v) is 8.30. The molecule has 1 N–H and O–H groups in total. The van der Waals surface area contributed by atoms with E-state index in [-0.39, 0.29) is 43.3 Å². The van der Waals surface area contributed by atoms with Crippen LogP contribution in [0.3, 0.4) is 0 Å². The van der Waals surface area contributed by atoms with E-state index in [1.807, 2.05) is 0 Å². The lowest BCUT2D eigenvalue weighted by molar-refractivity contribution is -0.143. The van der Waals surface area contributed by atoms with Crippen molar-refractivity contribution in [1.82, 2.24) is 9.80 Å². The highest BCUT2D eigenvalue weighted by Gasteiger charge is 2.43. The van der Waals surface area contributed by atoms with Crippen LogP contribution in [0.5, 0.6) is 0 Å². The molecule has 3 aliphatic heterocycles. The molecule has 0 radical (unpaired) electrons. The summed E-state index contributed by atoms with van der Waals surface area (Å²) < 4.78 is 40.2. The van der Waals surface area contributed by atoms with Crippen LogP contribution in [0, 0.1) is 0 Å². The van der Waals surface area contributed by atoms with E-state index in [0.717, 1.165) is 17.2 Å². The van der Waals surface area contributed by atoms with Gasteiger partial charge in [0.1, 0.15) is 5.71 Å². The molecule has 3 heterocycles. The zero-order chi connectivity index (χ0) is 22.4. The Kier molecular flexibility index (Phi) is 5.41. The molecular formula is C22H24F3N3O3. The Morgan fingerprint density at radius 3 is 2.42 bits per heavy atom. The smallest absolute Gasteiger partial charge is 0.385 e. The molecule has 0 spiro atoms. The molecule has 1 fully saturated rings. The number of carbonyl (C=O) groups is 2.